The van der Waals surface area contributed by atoms with Gasteiger partial charge >= 0.3 is 6.18 Å². The van der Waals surface area contributed by atoms with Gasteiger partial charge in [0.1, 0.15) is 0 Å². The lowest BCUT2D eigenvalue weighted by molar-refractivity contribution is -0.148. The molecular formula is C12H17F3N2O2. The maximum absolute atomic E-state index is 12.4. The van der Waals surface area contributed by atoms with Crippen LogP contribution in [-0.2, 0) is 6.54 Å². The molecule has 0 aromatic carbocycles. The monoisotopic (exact) mass is 278 g/mol. The Bertz CT molecular complexity index is 406. The van der Waals surface area contributed by atoms with Crippen LogP contribution in [-0.4, -0.2) is 36.4 Å². The minimum atomic E-state index is -4.08. The van der Waals surface area contributed by atoms with Crippen molar-refractivity contribution in [3.8, 4) is 5.88 Å². The van der Waals surface area contributed by atoms with Crippen molar-refractivity contribution >= 4 is 0 Å². The fourth-order valence-corrected chi connectivity index (χ4v) is 2.47. The van der Waals surface area contributed by atoms with Gasteiger partial charge in [-0.15, -0.1) is 0 Å². The molecule has 1 aliphatic rings. The number of ether oxygens (including phenoxy) is 1. The number of rotatable bonds is 4. The van der Waals surface area contributed by atoms with Gasteiger partial charge in [0.2, 0.25) is 0 Å². The normalized spacial score (nSPS) is 21.6. The largest absolute Gasteiger partial charge is 0.479 e. The molecular weight excluding hydrogens is 261 g/mol. The zero-order chi connectivity index (χ0) is 13.9. The minimum absolute atomic E-state index is 0.321. The molecule has 2 rings (SSSR count). The zero-order valence-corrected chi connectivity index (χ0v) is 10.7. The van der Waals surface area contributed by atoms with Gasteiger partial charge in [0, 0.05) is 19.0 Å². The standard InChI is InChI=1S/C12H17F3N2O2/c1-18-11-5-10(19-16-11)8-17-4-2-3-9(7-17)6-12(13,14)15/h5,9H,2-4,6-8H2,1H3. The molecule has 1 aliphatic heterocycles. The number of methoxy groups -OCH3 is 1. The van der Waals surface area contributed by atoms with Crippen LogP contribution in [0.15, 0.2) is 10.6 Å². The van der Waals surface area contributed by atoms with E-state index in [-0.39, 0.29) is 5.92 Å². The molecule has 0 bridgehead atoms. The Morgan fingerprint density at radius 2 is 2.32 bits per heavy atom. The SMILES string of the molecule is COc1cc(CN2CCCC(CC(F)(F)F)C2)on1. The highest BCUT2D eigenvalue weighted by atomic mass is 19.4. The van der Waals surface area contributed by atoms with Crippen molar-refractivity contribution in [1.82, 2.24) is 10.1 Å². The summed E-state index contributed by atoms with van der Waals surface area (Å²) in [5, 5.41) is 3.67. The second kappa shape index (κ2) is 5.81. The Hall–Kier alpha value is -1.24. The second-order valence-corrected chi connectivity index (χ2v) is 4.90. The van der Waals surface area contributed by atoms with Crippen molar-refractivity contribution in [3.05, 3.63) is 11.8 Å². The molecule has 1 fully saturated rings. The lowest BCUT2D eigenvalue weighted by Crippen LogP contribution is -2.36. The Labute approximate surface area is 109 Å². The molecule has 0 spiro atoms. The molecule has 108 valence electrons. The Morgan fingerprint density at radius 1 is 1.53 bits per heavy atom. The first-order valence-electron chi connectivity index (χ1n) is 6.25. The van der Waals surface area contributed by atoms with Gasteiger partial charge in [0.25, 0.3) is 5.88 Å². The summed E-state index contributed by atoms with van der Waals surface area (Å²) in [6, 6.07) is 1.66. The predicted molar refractivity (Wildman–Crippen MR) is 61.7 cm³/mol. The molecule has 1 saturated heterocycles. The summed E-state index contributed by atoms with van der Waals surface area (Å²) in [6.07, 6.45) is -3.37. The van der Waals surface area contributed by atoms with E-state index >= 15 is 0 Å². The lowest BCUT2D eigenvalue weighted by atomic mass is 9.94. The summed E-state index contributed by atoms with van der Waals surface area (Å²) >= 11 is 0. The van der Waals surface area contributed by atoms with Crippen LogP contribution in [0.5, 0.6) is 5.88 Å². The third kappa shape index (κ3) is 4.41. The van der Waals surface area contributed by atoms with Gasteiger partial charge in [-0.1, -0.05) is 0 Å². The van der Waals surface area contributed by atoms with Gasteiger partial charge in [-0.2, -0.15) is 13.2 Å². The van der Waals surface area contributed by atoms with Crippen LogP contribution in [0, 0.1) is 5.92 Å². The van der Waals surface area contributed by atoms with E-state index in [0.717, 1.165) is 13.0 Å². The number of nitrogens with zero attached hydrogens (tertiary/aromatic N) is 2. The van der Waals surface area contributed by atoms with Gasteiger partial charge < -0.3 is 9.26 Å². The molecule has 2 heterocycles. The maximum atomic E-state index is 12.4. The fourth-order valence-electron chi connectivity index (χ4n) is 2.47. The summed E-state index contributed by atoms with van der Waals surface area (Å²) in [5.41, 5.74) is 0. The van der Waals surface area contributed by atoms with Crippen molar-refractivity contribution in [1.29, 1.82) is 0 Å². The Morgan fingerprint density at radius 3 is 2.95 bits per heavy atom. The van der Waals surface area contributed by atoms with Crippen LogP contribution in [0.2, 0.25) is 0 Å². The van der Waals surface area contributed by atoms with E-state index in [1.807, 2.05) is 4.90 Å². The molecule has 4 nitrogen and oxygen atoms in total. The van der Waals surface area contributed by atoms with E-state index in [0.29, 0.717) is 31.2 Å². The molecule has 1 unspecified atom stereocenters. The van der Waals surface area contributed by atoms with Gasteiger partial charge in [0.05, 0.1) is 13.7 Å². The smallest absolute Gasteiger partial charge is 0.389 e. The van der Waals surface area contributed by atoms with Gasteiger partial charge in [-0.05, 0) is 30.5 Å². The number of alkyl halides is 3. The molecule has 0 saturated carbocycles. The molecule has 1 aromatic rings. The van der Waals surface area contributed by atoms with E-state index in [4.69, 9.17) is 9.26 Å². The van der Waals surface area contributed by atoms with Gasteiger partial charge in [-0.3, -0.25) is 4.90 Å². The summed E-state index contributed by atoms with van der Waals surface area (Å²) in [7, 11) is 1.49. The van der Waals surface area contributed by atoms with Crippen LogP contribution < -0.4 is 4.74 Å². The van der Waals surface area contributed by atoms with E-state index in [2.05, 4.69) is 5.16 Å². The van der Waals surface area contributed by atoms with E-state index < -0.39 is 12.6 Å². The molecule has 0 aliphatic carbocycles. The molecule has 0 N–H and O–H groups in total. The lowest BCUT2D eigenvalue weighted by Gasteiger charge is -2.32. The number of hydrogen-bond donors (Lipinski definition) is 0. The average Bonchev–Trinajstić information content (AvgIpc) is 2.75. The van der Waals surface area contributed by atoms with Crippen molar-refractivity contribution < 1.29 is 22.4 Å². The Kier molecular flexibility index (Phi) is 4.34. The highest BCUT2D eigenvalue weighted by Gasteiger charge is 2.34. The number of aromatic nitrogens is 1. The highest BCUT2D eigenvalue weighted by molar-refractivity contribution is 5.10. The van der Waals surface area contributed by atoms with Gasteiger partial charge in [0.15, 0.2) is 5.76 Å². The molecule has 1 atom stereocenters. The zero-order valence-electron chi connectivity index (χ0n) is 10.7. The van der Waals surface area contributed by atoms with Crippen LogP contribution in [0.3, 0.4) is 0 Å². The van der Waals surface area contributed by atoms with Crippen molar-refractivity contribution in [2.24, 2.45) is 5.92 Å². The number of halogens is 3. The highest BCUT2D eigenvalue weighted by Crippen LogP contribution is 2.30. The quantitative estimate of drug-likeness (QED) is 0.849. The number of likely N-dealkylation sites (tertiary alicyclic amines) is 1. The molecule has 7 heteroatoms. The summed E-state index contributed by atoms with van der Waals surface area (Å²) < 4.78 is 47.1. The molecule has 1 aromatic heterocycles. The predicted octanol–water partition coefficient (Wildman–Crippen LogP) is 2.85. The third-order valence-corrected chi connectivity index (χ3v) is 3.25. The van der Waals surface area contributed by atoms with Crippen LogP contribution in [0.4, 0.5) is 13.2 Å². The third-order valence-electron chi connectivity index (χ3n) is 3.25. The van der Waals surface area contributed by atoms with E-state index in [1.165, 1.54) is 7.11 Å². The van der Waals surface area contributed by atoms with E-state index in [9.17, 15) is 13.2 Å². The second-order valence-electron chi connectivity index (χ2n) is 4.90. The average molecular weight is 278 g/mol. The number of piperidine rings is 1. The summed E-state index contributed by atoms with van der Waals surface area (Å²) in [5.74, 6) is 0.682. The number of hydrogen-bond acceptors (Lipinski definition) is 4. The molecule has 19 heavy (non-hydrogen) atoms. The first-order valence-corrected chi connectivity index (χ1v) is 6.25. The van der Waals surface area contributed by atoms with Gasteiger partial charge in [-0.25, -0.2) is 0 Å². The van der Waals surface area contributed by atoms with Crippen molar-refractivity contribution in [3.63, 3.8) is 0 Å². The van der Waals surface area contributed by atoms with Crippen LogP contribution >= 0.6 is 0 Å². The fraction of sp³-hybridized carbons (Fsp3) is 0.750. The topological polar surface area (TPSA) is 38.5 Å². The van der Waals surface area contributed by atoms with Crippen LogP contribution in [0.25, 0.3) is 0 Å². The van der Waals surface area contributed by atoms with Crippen molar-refractivity contribution in [2.45, 2.75) is 32.0 Å². The minimum Gasteiger partial charge on any atom is -0.479 e. The van der Waals surface area contributed by atoms with E-state index in [1.54, 1.807) is 6.07 Å². The summed E-state index contributed by atoms with van der Waals surface area (Å²) in [6.45, 7) is 1.71. The first-order chi connectivity index (χ1) is 8.96. The van der Waals surface area contributed by atoms with Crippen LogP contribution in [0.1, 0.15) is 25.0 Å². The molecule has 0 radical (unpaired) electrons. The summed E-state index contributed by atoms with van der Waals surface area (Å²) in [4.78, 5) is 1.97. The first kappa shape index (κ1) is 14.2. The maximum Gasteiger partial charge on any atom is 0.389 e. The Balaban J connectivity index is 1.87. The van der Waals surface area contributed by atoms with Crippen molar-refractivity contribution in [2.75, 3.05) is 20.2 Å². The molecule has 0 amide bonds.